The van der Waals surface area contributed by atoms with Gasteiger partial charge in [-0.3, -0.25) is 4.79 Å². The molecule has 5 rings (SSSR count). The van der Waals surface area contributed by atoms with Crippen molar-refractivity contribution in [1.82, 2.24) is 0 Å². The number of hydrogen-bond acceptors (Lipinski definition) is 5. The summed E-state index contributed by atoms with van der Waals surface area (Å²) in [5.74, 6) is 2.50. The van der Waals surface area contributed by atoms with E-state index >= 15 is 0 Å². The van der Waals surface area contributed by atoms with E-state index in [2.05, 4.69) is 13.8 Å². The van der Waals surface area contributed by atoms with Crippen molar-refractivity contribution in [3.8, 4) is 0 Å². The van der Waals surface area contributed by atoms with Gasteiger partial charge in [0.05, 0.1) is 18.3 Å². The molecule has 5 fully saturated rings. The molecule has 4 aliphatic carbocycles. The van der Waals surface area contributed by atoms with E-state index in [1.54, 1.807) is 0 Å². The van der Waals surface area contributed by atoms with Crippen LogP contribution in [0.4, 0.5) is 0 Å². The molecule has 0 aromatic heterocycles. The minimum atomic E-state index is -0.430. The molecule has 182 valence electrons. The molecule has 11 unspecified atom stereocenters. The molecule has 5 aliphatic rings. The predicted molar refractivity (Wildman–Crippen MR) is 122 cm³/mol. The Bertz CT molecular complexity index is 745. The third kappa shape index (κ3) is 3.56. The highest BCUT2D eigenvalue weighted by molar-refractivity contribution is 5.69. The summed E-state index contributed by atoms with van der Waals surface area (Å²) in [5, 5.41) is 21.6. The molecule has 5 heteroatoms. The van der Waals surface area contributed by atoms with Gasteiger partial charge in [-0.2, -0.15) is 0 Å². The number of aliphatic hydroxyl groups is 2. The van der Waals surface area contributed by atoms with Gasteiger partial charge in [-0.1, -0.05) is 13.8 Å². The molecule has 0 radical (unpaired) electrons. The van der Waals surface area contributed by atoms with Crippen molar-refractivity contribution in [2.45, 2.75) is 122 Å². The molecule has 1 aliphatic heterocycles. The summed E-state index contributed by atoms with van der Waals surface area (Å²) in [5.41, 5.74) is -0.269. The fourth-order valence-corrected chi connectivity index (χ4v) is 8.96. The quantitative estimate of drug-likeness (QED) is 0.490. The molecule has 5 nitrogen and oxygen atoms in total. The SMILES string of the molecule is CC(CCC(=O)OC(C)(C)C)C1CCC2C3C(O)CC4CC(O)CCC4(C)C3CC3OC312. The largest absolute Gasteiger partial charge is 0.460 e. The van der Waals surface area contributed by atoms with Crippen LogP contribution in [-0.4, -0.2) is 45.7 Å². The van der Waals surface area contributed by atoms with Crippen molar-refractivity contribution >= 4 is 5.97 Å². The summed E-state index contributed by atoms with van der Waals surface area (Å²) >= 11 is 0. The van der Waals surface area contributed by atoms with Crippen LogP contribution in [0.3, 0.4) is 0 Å². The zero-order valence-corrected chi connectivity index (χ0v) is 20.7. The molecule has 1 spiro atoms. The van der Waals surface area contributed by atoms with Gasteiger partial charge in [0.15, 0.2) is 0 Å². The number of aliphatic hydroxyl groups excluding tert-OH is 2. The van der Waals surface area contributed by atoms with Crippen LogP contribution in [0.1, 0.15) is 92.4 Å². The highest BCUT2D eigenvalue weighted by Gasteiger charge is 2.76. The maximum absolute atomic E-state index is 12.3. The lowest BCUT2D eigenvalue weighted by atomic mass is 9.46. The molecule has 32 heavy (non-hydrogen) atoms. The van der Waals surface area contributed by atoms with Crippen molar-refractivity contribution < 1.29 is 24.5 Å². The Morgan fingerprint density at radius 2 is 1.88 bits per heavy atom. The molecule has 0 aromatic carbocycles. The zero-order valence-electron chi connectivity index (χ0n) is 20.7. The molecular weight excluding hydrogens is 404 g/mol. The van der Waals surface area contributed by atoms with Gasteiger partial charge in [0.25, 0.3) is 0 Å². The summed E-state index contributed by atoms with van der Waals surface area (Å²) in [6, 6.07) is 0. The summed E-state index contributed by atoms with van der Waals surface area (Å²) in [6.07, 6.45) is 8.18. The number of hydrogen-bond donors (Lipinski definition) is 2. The number of carbonyl (C=O) groups is 1. The van der Waals surface area contributed by atoms with Gasteiger partial charge in [-0.25, -0.2) is 0 Å². The lowest BCUT2D eigenvalue weighted by Crippen LogP contribution is -2.59. The van der Waals surface area contributed by atoms with E-state index in [1.807, 2.05) is 20.8 Å². The number of carbonyl (C=O) groups excluding carboxylic acids is 1. The number of esters is 1. The van der Waals surface area contributed by atoms with E-state index in [4.69, 9.17) is 9.47 Å². The van der Waals surface area contributed by atoms with E-state index in [0.29, 0.717) is 48.0 Å². The van der Waals surface area contributed by atoms with E-state index in [0.717, 1.165) is 51.4 Å². The first-order valence-corrected chi connectivity index (χ1v) is 13.2. The van der Waals surface area contributed by atoms with Gasteiger partial charge in [-0.15, -0.1) is 0 Å². The van der Waals surface area contributed by atoms with Crippen LogP contribution in [0.25, 0.3) is 0 Å². The zero-order chi connectivity index (χ0) is 23.1. The minimum absolute atomic E-state index is 0.0626. The van der Waals surface area contributed by atoms with E-state index in [9.17, 15) is 15.0 Å². The maximum atomic E-state index is 12.3. The van der Waals surface area contributed by atoms with Crippen LogP contribution in [0.15, 0.2) is 0 Å². The van der Waals surface area contributed by atoms with Crippen LogP contribution >= 0.6 is 0 Å². The summed E-state index contributed by atoms with van der Waals surface area (Å²) in [7, 11) is 0. The number of epoxide rings is 1. The second-order valence-electron chi connectivity index (χ2n) is 13.2. The van der Waals surface area contributed by atoms with Crippen molar-refractivity contribution in [2.75, 3.05) is 0 Å². The van der Waals surface area contributed by atoms with Crippen LogP contribution in [0, 0.1) is 40.9 Å². The second kappa shape index (κ2) is 7.68. The van der Waals surface area contributed by atoms with Gasteiger partial charge in [-0.05, 0) is 113 Å². The summed E-state index contributed by atoms with van der Waals surface area (Å²) in [4.78, 5) is 12.3. The Morgan fingerprint density at radius 3 is 2.59 bits per heavy atom. The van der Waals surface area contributed by atoms with E-state index in [-0.39, 0.29) is 29.2 Å². The number of fused-ring (bicyclic) bond motifs is 4. The average molecular weight is 449 g/mol. The Balaban J connectivity index is 1.29. The van der Waals surface area contributed by atoms with Crippen molar-refractivity contribution in [3.63, 3.8) is 0 Å². The maximum Gasteiger partial charge on any atom is 0.306 e. The van der Waals surface area contributed by atoms with Crippen molar-refractivity contribution in [1.29, 1.82) is 0 Å². The first-order valence-electron chi connectivity index (χ1n) is 13.2. The number of ether oxygens (including phenoxy) is 2. The summed E-state index contributed by atoms with van der Waals surface area (Å²) in [6.45, 7) is 10.5. The van der Waals surface area contributed by atoms with Gasteiger partial charge >= 0.3 is 5.97 Å². The lowest BCUT2D eigenvalue weighted by molar-refractivity contribution is -0.155. The minimum Gasteiger partial charge on any atom is -0.460 e. The first kappa shape index (κ1) is 23.1. The third-order valence-corrected chi connectivity index (χ3v) is 10.4. The molecule has 1 saturated heterocycles. The first-order chi connectivity index (χ1) is 15.0. The van der Waals surface area contributed by atoms with Crippen LogP contribution in [-0.2, 0) is 14.3 Å². The molecule has 1 heterocycles. The molecule has 11 atom stereocenters. The van der Waals surface area contributed by atoms with E-state index in [1.165, 1.54) is 0 Å². The Hall–Kier alpha value is -0.650. The van der Waals surface area contributed by atoms with Crippen molar-refractivity contribution in [3.05, 3.63) is 0 Å². The highest BCUT2D eigenvalue weighted by Crippen LogP contribution is 2.72. The Kier molecular flexibility index (Phi) is 5.55. The van der Waals surface area contributed by atoms with E-state index < -0.39 is 5.60 Å². The molecule has 0 bridgehead atoms. The molecule has 0 amide bonds. The van der Waals surface area contributed by atoms with Crippen LogP contribution < -0.4 is 0 Å². The third-order valence-electron chi connectivity index (χ3n) is 10.4. The number of rotatable bonds is 4. The predicted octanol–water partition coefficient (Wildman–Crippen LogP) is 4.48. The topological polar surface area (TPSA) is 79.3 Å². The Morgan fingerprint density at radius 1 is 1.12 bits per heavy atom. The van der Waals surface area contributed by atoms with Gasteiger partial charge in [0.2, 0.25) is 0 Å². The fourth-order valence-electron chi connectivity index (χ4n) is 8.96. The van der Waals surface area contributed by atoms with Gasteiger partial charge < -0.3 is 19.7 Å². The molecule has 0 aromatic rings. The molecule has 4 saturated carbocycles. The summed E-state index contributed by atoms with van der Waals surface area (Å²) < 4.78 is 12.1. The lowest BCUT2D eigenvalue weighted by Gasteiger charge is -2.59. The van der Waals surface area contributed by atoms with Crippen LogP contribution in [0.2, 0.25) is 0 Å². The van der Waals surface area contributed by atoms with Gasteiger partial charge in [0, 0.05) is 6.42 Å². The fraction of sp³-hybridized carbons (Fsp3) is 0.963. The Labute approximate surface area is 193 Å². The smallest absolute Gasteiger partial charge is 0.306 e. The van der Waals surface area contributed by atoms with Crippen LogP contribution in [0.5, 0.6) is 0 Å². The standard InChI is InChI=1S/C27H44O5/c1-15(6-9-23(30)32-25(2,3)4)18-7-8-19-24-20(14-22-27(18,19)31-22)26(5)11-10-17(28)12-16(26)13-21(24)29/h15-22,24,28-29H,6-14H2,1-5H3. The molecular formula is C27H44O5. The second-order valence-corrected chi connectivity index (χ2v) is 13.2. The monoisotopic (exact) mass is 448 g/mol. The normalized spacial score (nSPS) is 50.5. The molecule has 2 N–H and O–H groups in total. The highest BCUT2D eigenvalue weighted by atomic mass is 16.6. The van der Waals surface area contributed by atoms with Gasteiger partial charge in [0.1, 0.15) is 11.2 Å². The average Bonchev–Trinajstić information content (AvgIpc) is 3.29. The van der Waals surface area contributed by atoms with Crippen molar-refractivity contribution in [2.24, 2.45) is 40.9 Å².